The minimum atomic E-state index is -0.657. The van der Waals surface area contributed by atoms with Gasteiger partial charge in [0.2, 0.25) is 0 Å². The second-order valence-electron chi connectivity index (χ2n) is 11.8. The number of likely N-dealkylation sites (tertiary alicyclic amines) is 1. The first kappa shape index (κ1) is 31.5. The summed E-state index contributed by atoms with van der Waals surface area (Å²) in [7, 11) is 0. The van der Waals surface area contributed by atoms with Gasteiger partial charge < -0.3 is 9.64 Å². The Bertz CT molecular complexity index is 1410. The smallest absolute Gasteiger partial charge is 0.167 e. The molecule has 2 aromatic rings. The number of fused-ring (bicyclic) bond motifs is 2. The average Bonchev–Trinajstić information content (AvgIpc) is 3.50. The fourth-order valence-corrected chi connectivity index (χ4v) is 7.59. The molecule has 43 heavy (non-hydrogen) atoms. The fraction of sp³-hybridized carbons (Fsp3) is 0.500. The molecule has 1 atom stereocenters. The van der Waals surface area contributed by atoms with E-state index in [0.717, 1.165) is 63.1 Å². The molecule has 0 N–H and O–H groups in total. The van der Waals surface area contributed by atoms with Crippen LogP contribution in [0.15, 0.2) is 68.6 Å². The number of hydrogen-bond acceptors (Lipinski definition) is 7. The van der Waals surface area contributed by atoms with Crippen molar-refractivity contribution in [1.82, 2.24) is 9.80 Å². The molecule has 2 aromatic carbocycles. The van der Waals surface area contributed by atoms with Crippen LogP contribution in [0.25, 0.3) is 16.5 Å². The largest absolute Gasteiger partial charge is 0.357 e. The second-order valence-corrected chi connectivity index (χ2v) is 12.9. The highest BCUT2D eigenvalue weighted by Crippen LogP contribution is 2.39. The summed E-state index contributed by atoms with van der Waals surface area (Å²) in [5.41, 5.74) is 1.25. The van der Waals surface area contributed by atoms with Crippen LogP contribution in [0.2, 0.25) is 0 Å². The molecule has 5 rings (SSSR count). The lowest BCUT2D eigenvalue weighted by molar-refractivity contribution is 0.0393. The Morgan fingerprint density at radius 2 is 1.86 bits per heavy atom. The number of thioether (sulfide) groups is 1. The SMILES string of the molecule is C=N/C(=C(C)/C=N/C(=C(/F)C=NCOCC12CCCN1CCC2)c1cccc2cccc(F)c12)N1CCCCC(SC)C1. The van der Waals surface area contributed by atoms with Crippen LogP contribution in [0.4, 0.5) is 8.78 Å². The van der Waals surface area contributed by atoms with Gasteiger partial charge in [-0.3, -0.25) is 14.9 Å². The molecule has 3 aliphatic rings. The standard InChI is InChI=1S/C34H43F2N5OS/c1-25(33(37-2)40-17-5-4-12-27(22-40)43-3)20-39-32(28-13-6-10-26-11-7-14-29(35)31(26)28)30(36)21-38-24-42-23-34-15-8-18-41(34)19-9-16-34/h6-7,10-11,13-14,20-21,27H,2,4-5,8-9,12,15-19,22-24H2,1,3H3/b32-30+,33-25-,38-21?,39-20+. The van der Waals surface area contributed by atoms with Crippen molar-refractivity contribution < 1.29 is 13.5 Å². The monoisotopic (exact) mass is 607 g/mol. The molecule has 0 spiro atoms. The molecule has 3 aliphatic heterocycles. The Morgan fingerprint density at radius 1 is 1.09 bits per heavy atom. The topological polar surface area (TPSA) is 52.8 Å². The first-order valence-corrected chi connectivity index (χ1v) is 16.6. The molecular formula is C34H43F2N5OS. The van der Waals surface area contributed by atoms with Gasteiger partial charge in [-0.2, -0.15) is 11.8 Å². The van der Waals surface area contributed by atoms with Crippen molar-refractivity contribution in [1.29, 1.82) is 0 Å². The summed E-state index contributed by atoms with van der Waals surface area (Å²) in [6, 6.07) is 10.1. The van der Waals surface area contributed by atoms with Gasteiger partial charge in [0.05, 0.1) is 12.8 Å². The molecule has 1 unspecified atom stereocenters. The van der Waals surface area contributed by atoms with Crippen molar-refractivity contribution in [2.75, 3.05) is 45.8 Å². The highest BCUT2D eigenvalue weighted by molar-refractivity contribution is 7.99. The number of ether oxygens (including phenoxy) is 1. The van der Waals surface area contributed by atoms with E-state index in [-0.39, 0.29) is 18.0 Å². The van der Waals surface area contributed by atoms with Crippen LogP contribution in [-0.4, -0.2) is 85.5 Å². The number of benzene rings is 2. The normalized spacial score (nSPS) is 22.2. The molecule has 0 bridgehead atoms. The zero-order valence-electron chi connectivity index (χ0n) is 25.4. The number of rotatable bonds is 11. The predicted molar refractivity (Wildman–Crippen MR) is 177 cm³/mol. The van der Waals surface area contributed by atoms with Crippen LogP contribution in [0.3, 0.4) is 0 Å². The lowest BCUT2D eigenvalue weighted by atomic mass is 9.95. The quantitative estimate of drug-likeness (QED) is 0.196. The molecule has 0 amide bonds. The van der Waals surface area contributed by atoms with Gasteiger partial charge in [-0.05, 0) is 83.0 Å². The van der Waals surface area contributed by atoms with E-state index in [1.54, 1.807) is 24.4 Å². The van der Waals surface area contributed by atoms with E-state index in [2.05, 4.69) is 37.8 Å². The van der Waals surface area contributed by atoms with Crippen molar-refractivity contribution in [2.45, 2.75) is 62.7 Å². The molecule has 3 saturated heterocycles. The molecule has 3 heterocycles. The fourth-order valence-electron chi connectivity index (χ4n) is 6.86. The van der Waals surface area contributed by atoms with Crippen LogP contribution in [0, 0.1) is 5.82 Å². The van der Waals surface area contributed by atoms with Gasteiger partial charge in [0.15, 0.2) is 5.83 Å². The molecule has 9 heteroatoms. The zero-order valence-corrected chi connectivity index (χ0v) is 26.2. The van der Waals surface area contributed by atoms with Gasteiger partial charge in [0, 0.05) is 46.6 Å². The van der Waals surface area contributed by atoms with E-state index in [9.17, 15) is 0 Å². The van der Waals surface area contributed by atoms with Crippen LogP contribution in [0.1, 0.15) is 57.4 Å². The molecule has 0 radical (unpaired) electrons. The summed E-state index contributed by atoms with van der Waals surface area (Å²) in [6.45, 7) is 10.4. The van der Waals surface area contributed by atoms with Gasteiger partial charge in [-0.1, -0.05) is 36.8 Å². The van der Waals surface area contributed by atoms with E-state index in [1.165, 1.54) is 31.7 Å². The maximum absolute atomic E-state index is 16.0. The first-order valence-electron chi connectivity index (χ1n) is 15.3. The summed E-state index contributed by atoms with van der Waals surface area (Å²) in [4.78, 5) is 18.0. The van der Waals surface area contributed by atoms with Crippen LogP contribution < -0.4 is 0 Å². The van der Waals surface area contributed by atoms with Gasteiger partial charge in [-0.25, -0.2) is 13.8 Å². The third kappa shape index (κ3) is 7.27. The Hall–Kier alpha value is -2.88. The summed E-state index contributed by atoms with van der Waals surface area (Å²) in [6.07, 6.45) is 13.0. The van der Waals surface area contributed by atoms with E-state index < -0.39 is 11.6 Å². The lowest BCUT2D eigenvalue weighted by Gasteiger charge is -2.31. The third-order valence-electron chi connectivity index (χ3n) is 9.04. The summed E-state index contributed by atoms with van der Waals surface area (Å²) < 4.78 is 37.0. The van der Waals surface area contributed by atoms with Crippen LogP contribution in [-0.2, 0) is 4.74 Å². The van der Waals surface area contributed by atoms with Crippen LogP contribution in [0.5, 0.6) is 0 Å². The maximum Gasteiger partial charge on any atom is 0.167 e. The van der Waals surface area contributed by atoms with Crippen molar-refractivity contribution in [3.8, 4) is 0 Å². The van der Waals surface area contributed by atoms with Gasteiger partial charge in [0.1, 0.15) is 24.1 Å². The Balaban J connectivity index is 1.43. The lowest BCUT2D eigenvalue weighted by Crippen LogP contribution is -2.42. The molecule has 6 nitrogen and oxygen atoms in total. The number of hydrogen-bond donors (Lipinski definition) is 0. The Labute approximate surface area is 258 Å². The first-order chi connectivity index (χ1) is 21.0. The van der Waals surface area contributed by atoms with E-state index in [1.807, 2.05) is 30.8 Å². The molecule has 0 saturated carbocycles. The number of halogens is 2. The summed E-state index contributed by atoms with van der Waals surface area (Å²) in [5.74, 6) is -0.350. The number of allylic oxidation sites excluding steroid dienone is 2. The van der Waals surface area contributed by atoms with E-state index >= 15 is 8.78 Å². The van der Waals surface area contributed by atoms with E-state index in [0.29, 0.717) is 28.2 Å². The van der Waals surface area contributed by atoms with Crippen LogP contribution >= 0.6 is 11.8 Å². The Kier molecular flexibility index (Phi) is 10.8. The predicted octanol–water partition coefficient (Wildman–Crippen LogP) is 7.51. The van der Waals surface area contributed by atoms with Gasteiger partial charge in [0.25, 0.3) is 0 Å². The molecule has 0 aromatic heterocycles. The summed E-state index contributed by atoms with van der Waals surface area (Å²) in [5, 5.41) is 1.50. The second kappa shape index (κ2) is 14.7. The average molecular weight is 608 g/mol. The minimum absolute atomic E-state index is 0.0106. The van der Waals surface area contributed by atoms with Crippen molar-refractivity contribution in [3.05, 3.63) is 65.0 Å². The van der Waals surface area contributed by atoms with Gasteiger partial charge in [-0.15, -0.1) is 0 Å². The van der Waals surface area contributed by atoms with Crippen molar-refractivity contribution in [3.63, 3.8) is 0 Å². The molecule has 3 fully saturated rings. The minimum Gasteiger partial charge on any atom is -0.357 e. The number of nitrogens with zero attached hydrogens (tertiary/aromatic N) is 5. The highest BCUT2D eigenvalue weighted by Gasteiger charge is 2.44. The van der Waals surface area contributed by atoms with E-state index in [4.69, 9.17) is 4.74 Å². The molecule has 0 aliphatic carbocycles. The summed E-state index contributed by atoms with van der Waals surface area (Å²) >= 11 is 1.87. The molecular weight excluding hydrogens is 564 g/mol. The van der Waals surface area contributed by atoms with Crippen molar-refractivity contribution in [2.24, 2.45) is 15.0 Å². The molecule has 230 valence electrons. The van der Waals surface area contributed by atoms with Crippen molar-refractivity contribution >= 4 is 47.4 Å². The third-order valence-corrected chi connectivity index (χ3v) is 10.1. The number of aliphatic imine (C=N–C) groups is 3. The zero-order chi connectivity index (χ0) is 30.2. The highest BCUT2D eigenvalue weighted by atomic mass is 32.2. The Morgan fingerprint density at radius 3 is 2.60 bits per heavy atom. The maximum atomic E-state index is 16.0. The van der Waals surface area contributed by atoms with Gasteiger partial charge >= 0.3 is 0 Å².